The van der Waals surface area contributed by atoms with Crippen molar-refractivity contribution in [3.8, 4) is 11.5 Å². The molecule has 4 nitrogen and oxygen atoms in total. The maximum atomic E-state index is 11.7. The second-order valence-corrected chi connectivity index (χ2v) is 6.78. The predicted molar refractivity (Wildman–Crippen MR) is 111 cm³/mol. The summed E-state index contributed by atoms with van der Waals surface area (Å²) in [6, 6.07) is 21.6. The summed E-state index contributed by atoms with van der Waals surface area (Å²) in [5.41, 5.74) is 3.22. The third kappa shape index (κ3) is 6.16. The van der Waals surface area contributed by atoms with Crippen molar-refractivity contribution in [3.63, 3.8) is 0 Å². The minimum absolute atomic E-state index is 0.0643. The number of hydrogen-bond acceptors (Lipinski definition) is 4. The van der Waals surface area contributed by atoms with Crippen LogP contribution in [0.2, 0.25) is 0 Å². The van der Waals surface area contributed by atoms with Gasteiger partial charge in [-0.15, -0.1) is 0 Å². The Hall–Kier alpha value is -3.27. The molecule has 3 rings (SSSR count). The van der Waals surface area contributed by atoms with Crippen LogP contribution in [-0.2, 0) is 11.3 Å². The van der Waals surface area contributed by atoms with Gasteiger partial charge in [0.2, 0.25) is 0 Å². The van der Waals surface area contributed by atoms with Gasteiger partial charge in [0.25, 0.3) is 0 Å². The topological polar surface area (TPSA) is 66.8 Å². The monoisotopic (exact) mass is 378 g/mol. The molecule has 0 aromatic heterocycles. The Balaban J connectivity index is 0.000000221. The van der Waals surface area contributed by atoms with Crippen molar-refractivity contribution >= 4 is 5.97 Å². The molecule has 0 aliphatic heterocycles. The van der Waals surface area contributed by atoms with E-state index >= 15 is 0 Å². The largest absolute Gasteiger partial charge is 0.508 e. The third-order valence-electron chi connectivity index (χ3n) is 4.24. The van der Waals surface area contributed by atoms with Crippen LogP contribution < -0.4 is 0 Å². The summed E-state index contributed by atoms with van der Waals surface area (Å²) in [6.07, 6.45) is 0. The molecule has 3 aromatic rings. The fourth-order valence-electron chi connectivity index (χ4n) is 2.43. The van der Waals surface area contributed by atoms with Crippen LogP contribution in [0.1, 0.15) is 46.8 Å². The van der Waals surface area contributed by atoms with Gasteiger partial charge in [-0.25, -0.2) is 4.79 Å². The maximum absolute atomic E-state index is 11.7. The van der Waals surface area contributed by atoms with Crippen LogP contribution in [0.15, 0.2) is 72.8 Å². The van der Waals surface area contributed by atoms with E-state index in [1.165, 1.54) is 17.7 Å². The zero-order chi connectivity index (χ0) is 20.5. The number of esters is 1. The standard InChI is InChI=1S/C14H12O3.C10H14O/c15-13-9-5-4-8-12(13)14(16)17-10-11-6-2-1-3-7-11;1-7(2)9-5-4-8(3)10(11)6-9/h1-9,15H,10H2;4-7,11H,1-3H3. The maximum Gasteiger partial charge on any atom is 0.342 e. The molecule has 2 N–H and O–H groups in total. The van der Waals surface area contributed by atoms with Gasteiger partial charge in [-0.05, 0) is 47.7 Å². The molecular formula is C24H26O4. The molecule has 0 radical (unpaired) electrons. The van der Waals surface area contributed by atoms with E-state index in [0.29, 0.717) is 11.7 Å². The van der Waals surface area contributed by atoms with Gasteiger partial charge in [-0.3, -0.25) is 0 Å². The SMILES string of the molecule is Cc1ccc(C(C)C)cc1O.O=C(OCc1ccccc1)c1ccccc1O. The van der Waals surface area contributed by atoms with Crippen molar-refractivity contribution in [1.29, 1.82) is 0 Å². The summed E-state index contributed by atoms with van der Waals surface area (Å²) >= 11 is 0. The summed E-state index contributed by atoms with van der Waals surface area (Å²) in [5.74, 6) is 0.301. The van der Waals surface area contributed by atoms with Crippen molar-refractivity contribution in [1.82, 2.24) is 0 Å². The van der Waals surface area contributed by atoms with Gasteiger partial charge in [0, 0.05) is 0 Å². The van der Waals surface area contributed by atoms with Crippen molar-refractivity contribution in [2.24, 2.45) is 0 Å². The number of rotatable bonds is 4. The van der Waals surface area contributed by atoms with Gasteiger partial charge >= 0.3 is 5.97 Å². The number of carbonyl (C=O) groups is 1. The van der Waals surface area contributed by atoms with Gasteiger partial charge in [0.15, 0.2) is 0 Å². The molecule has 0 aliphatic rings. The van der Waals surface area contributed by atoms with Gasteiger partial charge in [0.05, 0.1) is 0 Å². The van der Waals surface area contributed by atoms with Crippen molar-refractivity contribution in [2.45, 2.75) is 33.3 Å². The first-order valence-corrected chi connectivity index (χ1v) is 9.17. The number of aryl methyl sites for hydroxylation is 1. The number of benzene rings is 3. The lowest BCUT2D eigenvalue weighted by molar-refractivity contribution is 0.0469. The Morgan fingerprint density at radius 2 is 1.54 bits per heavy atom. The van der Waals surface area contributed by atoms with Crippen LogP contribution in [0, 0.1) is 6.92 Å². The summed E-state index contributed by atoms with van der Waals surface area (Å²) in [6.45, 7) is 6.33. The zero-order valence-corrected chi connectivity index (χ0v) is 16.4. The third-order valence-corrected chi connectivity index (χ3v) is 4.24. The molecule has 0 atom stereocenters. The smallest absolute Gasteiger partial charge is 0.342 e. The molecule has 3 aromatic carbocycles. The van der Waals surface area contributed by atoms with Crippen LogP contribution in [0.4, 0.5) is 0 Å². The first kappa shape index (κ1) is 21.0. The van der Waals surface area contributed by atoms with Gasteiger partial charge in [-0.1, -0.05) is 68.4 Å². The minimum atomic E-state index is -0.521. The lowest BCUT2D eigenvalue weighted by Gasteiger charge is -2.06. The Morgan fingerprint density at radius 1 is 0.893 bits per heavy atom. The number of para-hydroxylation sites is 1. The Morgan fingerprint density at radius 3 is 2.14 bits per heavy atom. The van der Waals surface area contributed by atoms with E-state index in [1.54, 1.807) is 12.1 Å². The molecule has 0 saturated carbocycles. The van der Waals surface area contributed by atoms with E-state index in [2.05, 4.69) is 19.9 Å². The molecule has 0 saturated heterocycles. The van der Waals surface area contributed by atoms with Crippen molar-refractivity contribution in [3.05, 3.63) is 95.1 Å². The highest BCUT2D eigenvalue weighted by molar-refractivity contribution is 5.92. The average Bonchev–Trinajstić information content (AvgIpc) is 2.70. The first-order valence-electron chi connectivity index (χ1n) is 9.17. The van der Waals surface area contributed by atoms with Crippen molar-refractivity contribution in [2.75, 3.05) is 0 Å². The quantitative estimate of drug-likeness (QED) is 0.582. The molecule has 0 unspecified atom stereocenters. The Labute approximate surface area is 166 Å². The van der Waals surface area contributed by atoms with E-state index < -0.39 is 5.97 Å². The lowest BCUT2D eigenvalue weighted by atomic mass is 10.0. The van der Waals surface area contributed by atoms with E-state index in [4.69, 9.17) is 4.74 Å². The molecule has 4 heteroatoms. The highest BCUT2D eigenvalue weighted by Gasteiger charge is 2.11. The molecule has 146 valence electrons. The van der Waals surface area contributed by atoms with Crippen LogP contribution in [0.5, 0.6) is 11.5 Å². The van der Waals surface area contributed by atoms with Crippen LogP contribution in [0.3, 0.4) is 0 Å². The predicted octanol–water partition coefficient (Wildman–Crippen LogP) is 5.57. The van der Waals surface area contributed by atoms with Crippen molar-refractivity contribution < 1.29 is 19.7 Å². The van der Waals surface area contributed by atoms with E-state index in [-0.39, 0.29) is 17.9 Å². The minimum Gasteiger partial charge on any atom is -0.508 e. The number of hydrogen-bond donors (Lipinski definition) is 2. The Kier molecular flexibility index (Phi) is 7.64. The van der Waals surface area contributed by atoms with E-state index in [9.17, 15) is 15.0 Å². The number of ether oxygens (including phenoxy) is 1. The fraction of sp³-hybridized carbons (Fsp3) is 0.208. The van der Waals surface area contributed by atoms with Gasteiger partial charge in [-0.2, -0.15) is 0 Å². The molecule has 0 heterocycles. The molecule has 28 heavy (non-hydrogen) atoms. The summed E-state index contributed by atoms with van der Waals surface area (Å²) in [4.78, 5) is 11.7. The van der Waals surface area contributed by atoms with Gasteiger partial charge < -0.3 is 14.9 Å². The number of phenols is 2. The Bertz CT molecular complexity index is 901. The average molecular weight is 378 g/mol. The molecule has 0 spiro atoms. The number of aromatic hydroxyl groups is 2. The summed E-state index contributed by atoms with van der Waals surface area (Å²) < 4.78 is 5.10. The zero-order valence-electron chi connectivity index (χ0n) is 16.4. The molecule has 0 amide bonds. The second-order valence-electron chi connectivity index (χ2n) is 6.78. The molecular weight excluding hydrogens is 352 g/mol. The fourth-order valence-corrected chi connectivity index (χ4v) is 2.43. The van der Waals surface area contributed by atoms with Crippen LogP contribution >= 0.6 is 0 Å². The summed E-state index contributed by atoms with van der Waals surface area (Å²) in [7, 11) is 0. The van der Waals surface area contributed by atoms with Gasteiger partial charge in [0.1, 0.15) is 23.7 Å². The van der Waals surface area contributed by atoms with Crippen LogP contribution in [-0.4, -0.2) is 16.2 Å². The second kappa shape index (κ2) is 10.2. The van der Waals surface area contributed by atoms with E-state index in [0.717, 1.165) is 11.1 Å². The highest BCUT2D eigenvalue weighted by Crippen LogP contribution is 2.22. The lowest BCUT2D eigenvalue weighted by Crippen LogP contribution is -2.05. The number of phenolic OH excluding ortho intramolecular Hbond substituents is 2. The summed E-state index contributed by atoms with van der Waals surface area (Å²) in [5, 5.41) is 18.8. The highest BCUT2D eigenvalue weighted by atomic mass is 16.5. The molecule has 0 aliphatic carbocycles. The normalized spacial score (nSPS) is 10.1. The first-order chi connectivity index (χ1) is 13.4. The molecule has 0 bridgehead atoms. The molecule has 0 fully saturated rings. The number of carbonyl (C=O) groups excluding carboxylic acids is 1. The van der Waals surface area contributed by atoms with E-state index in [1.807, 2.05) is 49.4 Å². The van der Waals surface area contributed by atoms with Crippen LogP contribution in [0.25, 0.3) is 0 Å².